The van der Waals surface area contributed by atoms with Crippen molar-refractivity contribution in [3.8, 4) is 17.2 Å². The Morgan fingerprint density at radius 3 is 2.41 bits per heavy atom. The first kappa shape index (κ1) is 16.4. The SMILES string of the molecule is CCOC(=O)c1cc(C)n(-c2cc(OC)c(OC)cc2Br)c1. The molecular formula is C16H18BrNO4. The summed E-state index contributed by atoms with van der Waals surface area (Å²) in [6.45, 7) is 4.06. The lowest BCUT2D eigenvalue weighted by atomic mass is 10.2. The zero-order valence-electron chi connectivity index (χ0n) is 13.0. The molecule has 0 N–H and O–H groups in total. The largest absolute Gasteiger partial charge is 0.493 e. The molecule has 1 heterocycles. The second-order valence-electron chi connectivity index (χ2n) is 4.62. The molecule has 0 fully saturated rings. The second-order valence-corrected chi connectivity index (χ2v) is 5.47. The van der Waals surface area contributed by atoms with Crippen LogP contribution in [0.1, 0.15) is 23.0 Å². The molecule has 1 aromatic carbocycles. The molecular weight excluding hydrogens is 350 g/mol. The van der Waals surface area contributed by atoms with Gasteiger partial charge < -0.3 is 18.8 Å². The molecule has 2 aromatic rings. The third-order valence-electron chi connectivity index (χ3n) is 3.24. The molecule has 0 bridgehead atoms. The highest BCUT2D eigenvalue weighted by molar-refractivity contribution is 9.10. The monoisotopic (exact) mass is 367 g/mol. The molecule has 2 rings (SSSR count). The maximum Gasteiger partial charge on any atom is 0.339 e. The van der Waals surface area contributed by atoms with Crippen molar-refractivity contribution in [1.82, 2.24) is 4.57 Å². The Balaban J connectivity index is 2.50. The quantitative estimate of drug-likeness (QED) is 0.755. The number of rotatable bonds is 5. The van der Waals surface area contributed by atoms with Crippen LogP contribution in [0.25, 0.3) is 5.69 Å². The lowest BCUT2D eigenvalue weighted by Gasteiger charge is -2.14. The van der Waals surface area contributed by atoms with Crippen molar-refractivity contribution in [3.05, 3.63) is 40.1 Å². The van der Waals surface area contributed by atoms with Crippen molar-refractivity contribution in [2.75, 3.05) is 20.8 Å². The van der Waals surface area contributed by atoms with Gasteiger partial charge in [0, 0.05) is 28.5 Å². The maximum atomic E-state index is 11.9. The van der Waals surface area contributed by atoms with Crippen molar-refractivity contribution in [2.45, 2.75) is 13.8 Å². The third-order valence-corrected chi connectivity index (χ3v) is 3.87. The van der Waals surface area contributed by atoms with Crippen LogP contribution in [-0.4, -0.2) is 31.4 Å². The number of ether oxygens (including phenoxy) is 3. The minimum Gasteiger partial charge on any atom is -0.493 e. The van der Waals surface area contributed by atoms with Crippen molar-refractivity contribution >= 4 is 21.9 Å². The van der Waals surface area contributed by atoms with Gasteiger partial charge in [0.15, 0.2) is 11.5 Å². The fourth-order valence-corrected chi connectivity index (χ4v) is 2.70. The number of halogens is 1. The Hall–Kier alpha value is -1.95. The molecule has 0 saturated heterocycles. The van der Waals surface area contributed by atoms with Crippen LogP contribution in [0.5, 0.6) is 11.5 Å². The summed E-state index contributed by atoms with van der Waals surface area (Å²) < 4.78 is 18.4. The van der Waals surface area contributed by atoms with Gasteiger partial charge in [0.25, 0.3) is 0 Å². The lowest BCUT2D eigenvalue weighted by molar-refractivity contribution is 0.0526. The van der Waals surface area contributed by atoms with Gasteiger partial charge in [-0.1, -0.05) is 0 Å². The molecule has 0 unspecified atom stereocenters. The van der Waals surface area contributed by atoms with E-state index in [1.807, 2.05) is 23.6 Å². The molecule has 118 valence electrons. The topological polar surface area (TPSA) is 49.7 Å². The summed E-state index contributed by atoms with van der Waals surface area (Å²) in [6, 6.07) is 5.48. The molecule has 0 atom stereocenters. The number of esters is 1. The molecule has 1 aromatic heterocycles. The highest BCUT2D eigenvalue weighted by atomic mass is 79.9. The van der Waals surface area contributed by atoms with Gasteiger partial charge in [-0.3, -0.25) is 0 Å². The number of aromatic nitrogens is 1. The summed E-state index contributed by atoms with van der Waals surface area (Å²) >= 11 is 3.53. The zero-order chi connectivity index (χ0) is 16.3. The Bertz CT molecular complexity index is 694. The molecule has 6 heteroatoms. The minimum absolute atomic E-state index is 0.332. The Morgan fingerprint density at radius 1 is 1.18 bits per heavy atom. The Morgan fingerprint density at radius 2 is 1.82 bits per heavy atom. The van der Waals surface area contributed by atoms with Crippen LogP contribution in [0.3, 0.4) is 0 Å². The Labute approximate surface area is 137 Å². The van der Waals surface area contributed by atoms with Gasteiger partial charge in [0.05, 0.1) is 32.1 Å². The van der Waals surface area contributed by atoms with Crippen molar-refractivity contribution < 1.29 is 19.0 Å². The molecule has 0 radical (unpaired) electrons. The minimum atomic E-state index is -0.332. The predicted octanol–water partition coefficient (Wildman–Crippen LogP) is 3.74. The number of carbonyl (C=O) groups is 1. The van der Waals surface area contributed by atoms with Gasteiger partial charge >= 0.3 is 5.97 Å². The van der Waals surface area contributed by atoms with E-state index < -0.39 is 0 Å². The Kier molecular flexibility index (Phi) is 5.13. The van der Waals surface area contributed by atoms with Crippen molar-refractivity contribution in [3.63, 3.8) is 0 Å². The first-order chi connectivity index (χ1) is 10.5. The number of aryl methyl sites for hydroxylation is 1. The fourth-order valence-electron chi connectivity index (χ4n) is 2.19. The number of carbonyl (C=O) groups excluding carboxylic acids is 1. The average molecular weight is 368 g/mol. The van der Waals surface area contributed by atoms with Gasteiger partial charge in [-0.05, 0) is 35.8 Å². The molecule has 22 heavy (non-hydrogen) atoms. The van der Waals surface area contributed by atoms with E-state index in [0.717, 1.165) is 15.9 Å². The van der Waals surface area contributed by atoms with E-state index in [-0.39, 0.29) is 5.97 Å². The van der Waals surface area contributed by atoms with Gasteiger partial charge in [-0.25, -0.2) is 4.79 Å². The lowest BCUT2D eigenvalue weighted by Crippen LogP contribution is -2.03. The van der Waals surface area contributed by atoms with Crippen molar-refractivity contribution in [2.24, 2.45) is 0 Å². The van der Waals surface area contributed by atoms with Crippen LogP contribution < -0.4 is 9.47 Å². The van der Waals surface area contributed by atoms with Gasteiger partial charge in [0.1, 0.15) is 0 Å². The summed E-state index contributed by atoms with van der Waals surface area (Å²) in [4.78, 5) is 11.9. The first-order valence-corrected chi connectivity index (χ1v) is 7.59. The van der Waals surface area contributed by atoms with Crippen LogP contribution in [0, 0.1) is 6.92 Å². The molecule has 0 aliphatic heterocycles. The van der Waals surface area contributed by atoms with Crippen LogP contribution in [0.2, 0.25) is 0 Å². The molecule has 5 nitrogen and oxygen atoms in total. The van der Waals surface area contributed by atoms with Crippen LogP contribution >= 0.6 is 15.9 Å². The molecule has 0 aliphatic carbocycles. The second kappa shape index (κ2) is 6.87. The molecule has 0 aliphatic rings. The number of nitrogens with zero attached hydrogens (tertiary/aromatic N) is 1. The van der Waals surface area contributed by atoms with E-state index in [0.29, 0.717) is 23.7 Å². The summed E-state index contributed by atoms with van der Waals surface area (Å²) in [6.07, 6.45) is 1.75. The number of hydrogen-bond acceptors (Lipinski definition) is 4. The molecule has 0 saturated carbocycles. The molecule has 0 amide bonds. The highest BCUT2D eigenvalue weighted by Crippen LogP contribution is 2.36. The summed E-state index contributed by atoms with van der Waals surface area (Å²) in [5.41, 5.74) is 2.28. The van der Waals surface area contributed by atoms with E-state index >= 15 is 0 Å². The fraction of sp³-hybridized carbons (Fsp3) is 0.312. The normalized spacial score (nSPS) is 10.4. The zero-order valence-corrected chi connectivity index (χ0v) is 14.6. The van der Waals surface area contributed by atoms with Gasteiger partial charge in [-0.15, -0.1) is 0 Å². The van der Waals surface area contributed by atoms with E-state index in [9.17, 15) is 4.79 Å². The van der Waals surface area contributed by atoms with Gasteiger partial charge in [-0.2, -0.15) is 0 Å². The smallest absolute Gasteiger partial charge is 0.339 e. The summed E-state index contributed by atoms with van der Waals surface area (Å²) in [7, 11) is 3.17. The predicted molar refractivity (Wildman–Crippen MR) is 87.3 cm³/mol. The van der Waals surface area contributed by atoms with Crippen LogP contribution in [0.15, 0.2) is 28.9 Å². The highest BCUT2D eigenvalue weighted by Gasteiger charge is 2.16. The van der Waals surface area contributed by atoms with E-state index in [1.165, 1.54) is 0 Å². The van der Waals surface area contributed by atoms with E-state index in [2.05, 4.69) is 15.9 Å². The van der Waals surface area contributed by atoms with Crippen LogP contribution in [-0.2, 0) is 4.74 Å². The van der Waals surface area contributed by atoms with E-state index in [4.69, 9.17) is 14.2 Å². The molecule has 0 spiro atoms. The summed E-state index contributed by atoms with van der Waals surface area (Å²) in [5, 5.41) is 0. The number of methoxy groups -OCH3 is 2. The average Bonchev–Trinajstić information content (AvgIpc) is 2.89. The van der Waals surface area contributed by atoms with E-state index in [1.54, 1.807) is 33.4 Å². The van der Waals surface area contributed by atoms with Crippen LogP contribution in [0.4, 0.5) is 0 Å². The maximum absolute atomic E-state index is 11.9. The standard InChI is InChI=1S/C16H18BrNO4/c1-5-22-16(19)11-6-10(2)18(9-11)13-8-15(21-4)14(20-3)7-12(13)17/h6-9H,5H2,1-4H3. The number of hydrogen-bond donors (Lipinski definition) is 0. The van der Waals surface area contributed by atoms with Gasteiger partial charge in [0.2, 0.25) is 0 Å². The summed E-state index contributed by atoms with van der Waals surface area (Å²) in [5.74, 6) is 0.918. The third kappa shape index (κ3) is 3.11. The first-order valence-electron chi connectivity index (χ1n) is 6.79. The number of benzene rings is 1. The van der Waals surface area contributed by atoms with Crippen molar-refractivity contribution in [1.29, 1.82) is 0 Å².